The summed E-state index contributed by atoms with van der Waals surface area (Å²) >= 11 is 0. The third-order valence-corrected chi connectivity index (χ3v) is 2.54. The second-order valence-corrected chi connectivity index (χ2v) is 4.95. The summed E-state index contributed by atoms with van der Waals surface area (Å²) in [7, 11) is 0. The van der Waals surface area contributed by atoms with Gasteiger partial charge in [-0.2, -0.15) is 0 Å². The van der Waals surface area contributed by atoms with Crippen LogP contribution in [-0.2, 0) is 4.79 Å². The first kappa shape index (κ1) is 16.0. The van der Waals surface area contributed by atoms with Crippen LogP contribution in [0.4, 0.5) is 0 Å². The fraction of sp³-hybridized carbons (Fsp3) is 0.429. The van der Waals surface area contributed by atoms with Gasteiger partial charge >= 0.3 is 5.97 Å². The number of nitrogens with one attached hydrogen (secondary N) is 1. The molecule has 0 saturated heterocycles. The highest BCUT2D eigenvalue weighted by Gasteiger charge is 2.30. The summed E-state index contributed by atoms with van der Waals surface area (Å²) in [6, 6.07) is 6.46. The van der Waals surface area contributed by atoms with Crippen LogP contribution >= 0.6 is 0 Å². The molecule has 1 unspecified atom stereocenters. The van der Waals surface area contributed by atoms with Crippen LogP contribution in [0.5, 0.6) is 5.75 Å². The number of carbonyl (C=O) groups excluding carboxylic acids is 1. The van der Waals surface area contributed by atoms with Crippen molar-refractivity contribution in [1.82, 2.24) is 5.32 Å². The number of hydrogen-bond acceptors (Lipinski definition) is 4. The Morgan fingerprint density at radius 1 is 1.30 bits per heavy atom. The number of carboxylic acids is 1. The monoisotopic (exact) mass is 281 g/mol. The maximum atomic E-state index is 11.8. The molecule has 1 aromatic rings. The maximum absolute atomic E-state index is 11.8. The molecule has 1 aromatic carbocycles. The zero-order valence-corrected chi connectivity index (χ0v) is 11.7. The number of aliphatic hydroxyl groups is 1. The Hall–Kier alpha value is -2.08. The maximum Gasteiger partial charge on any atom is 0.337 e. The standard InChI is InChI=1S/C14H19NO5/c1-9(2)20-11-6-4-10(5-7-11)12(16)15-8-14(3,19)13(17)18/h4-7,9,19H,8H2,1-3H3,(H,15,16)(H,17,18). The SMILES string of the molecule is CC(C)Oc1ccc(C(=O)NCC(C)(O)C(=O)O)cc1. The summed E-state index contributed by atoms with van der Waals surface area (Å²) in [4.78, 5) is 22.5. The second-order valence-electron chi connectivity index (χ2n) is 4.95. The van der Waals surface area contributed by atoms with Gasteiger partial charge in [-0.25, -0.2) is 4.79 Å². The minimum atomic E-state index is -1.99. The number of carbonyl (C=O) groups is 2. The quantitative estimate of drug-likeness (QED) is 0.724. The predicted octanol–water partition coefficient (Wildman–Crippen LogP) is 1.04. The summed E-state index contributed by atoms with van der Waals surface area (Å²) in [5.74, 6) is -1.20. The van der Waals surface area contributed by atoms with Gasteiger partial charge in [0.05, 0.1) is 12.6 Å². The fourth-order valence-electron chi connectivity index (χ4n) is 1.39. The molecule has 0 aliphatic carbocycles. The molecule has 0 fully saturated rings. The van der Waals surface area contributed by atoms with E-state index >= 15 is 0 Å². The van der Waals surface area contributed by atoms with Crippen molar-refractivity contribution >= 4 is 11.9 Å². The molecule has 110 valence electrons. The van der Waals surface area contributed by atoms with Crippen molar-refractivity contribution in [3.05, 3.63) is 29.8 Å². The summed E-state index contributed by atoms with van der Waals surface area (Å²) in [6.45, 7) is 4.55. The molecule has 6 heteroatoms. The molecule has 0 radical (unpaired) electrons. The lowest BCUT2D eigenvalue weighted by atomic mass is 10.1. The van der Waals surface area contributed by atoms with E-state index in [9.17, 15) is 14.7 Å². The zero-order chi connectivity index (χ0) is 15.3. The Balaban J connectivity index is 2.62. The van der Waals surface area contributed by atoms with Gasteiger partial charge < -0.3 is 20.3 Å². The molecule has 1 rings (SSSR count). The molecule has 0 bridgehead atoms. The minimum absolute atomic E-state index is 0.0420. The Labute approximate surface area is 117 Å². The second kappa shape index (κ2) is 6.38. The molecule has 0 heterocycles. The first-order chi connectivity index (χ1) is 9.22. The van der Waals surface area contributed by atoms with Gasteiger partial charge in [-0.3, -0.25) is 4.79 Å². The minimum Gasteiger partial charge on any atom is -0.491 e. The molecule has 0 saturated carbocycles. The van der Waals surface area contributed by atoms with E-state index in [4.69, 9.17) is 9.84 Å². The van der Waals surface area contributed by atoms with E-state index in [-0.39, 0.29) is 12.6 Å². The largest absolute Gasteiger partial charge is 0.491 e. The Kier molecular flexibility index (Phi) is 5.10. The van der Waals surface area contributed by atoms with E-state index in [1.54, 1.807) is 24.3 Å². The number of rotatable bonds is 6. The molecule has 6 nitrogen and oxygen atoms in total. The van der Waals surface area contributed by atoms with Crippen LogP contribution in [-0.4, -0.2) is 40.3 Å². The van der Waals surface area contributed by atoms with Crippen LogP contribution in [0.25, 0.3) is 0 Å². The van der Waals surface area contributed by atoms with Gasteiger partial charge in [0.1, 0.15) is 5.75 Å². The van der Waals surface area contributed by atoms with Crippen molar-refractivity contribution in [2.75, 3.05) is 6.54 Å². The van der Waals surface area contributed by atoms with Crippen molar-refractivity contribution in [1.29, 1.82) is 0 Å². The molecule has 3 N–H and O–H groups in total. The lowest BCUT2D eigenvalue weighted by molar-refractivity contribution is -0.155. The summed E-state index contributed by atoms with van der Waals surface area (Å²) in [5.41, 5.74) is -1.63. The molecule has 0 aromatic heterocycles. The van der Waals surface area contributed by atoms with E-state index in [2.05, 4.69) is 5.32 Å². The lowest BCUT2D eigenvalue weighted by Crippen LogP contribution is -2.46. The molecule has 1 amide bonds. The lowest BCUT2D eigenvalue weighted by Gasteiger charge is -2.18. The van der Waals surface area contributed by atoms with Crippen molar-refractivity contribution in [2.45, 2.75) is 32.5 Å². The van der Waals surface area contributed by atoms with E-state index in [0.717, 1.165) is 6.92 Å². The van der Waals surface area contributed by atoms with Gasteiger partial charge in [-0.15, -0.1) is 0 Å². The van der Waals surface area contributed by atoms with Crippen LogP contribution in [0.1, 0.15) is 31.1 Å². The number of benzene rings is 1. The Morgan fingerprint density at radius 2 is 1.85 bits per heavy atom. The molecular weight excluding hydrogens is 262 g/mol. The molecule has 20 heavy (non-hydrogen) atoms. The summed E-state index contributed by atoms with van der Waals surface area (Å²) in [6.07, 6.45) is 0.0420. The predicted molar refractivity (Wildman–Crippen MR) is 72.8 cm³/mol. The number of amides is 1. The normalized spacial score (nSPS) is 13.7. The van der Waals surface area contributed by atoms with Gasteiger partial charge in [0.2, 0.25) is 0 Å². The van der Waals surface area contributed by atoms with E-state index < -0.39 is 17.5 Å². The summed E-state index contributed by atoms with van der Waals surface area (Å²) in [5, 5.41) is 20.6. The van der Waals surface area contributed by atoms with Gasteiger partial charge in [0.25, 0.3) is 5.91 Å². The van der Waals surface area contributed by atoms with Gasteiger partial charge in [0, 0.05) is 5.56 Å². The number of hydrogen-bond donors (Lipinski definition) is 3. The van der Waals surface area contributed by atoms with Gasteiger partial charge in [0.15, 0.2) is 5.60 Å². The highest BCUT2D eigenvalue weighted by atomic mass is 16.5. The van der Waals surface area contributed by atoms with Crippen LogP contribution in [0.3, 0.4) is 0 Å². The van der Waals surface area contributed by atoms with Crippen LogP contribution < -0.4 is 10.1 Å². The molecule has 1 atom stereocenters. The Morgan fingerprint density at radius 3 is 2.30 bits per heavy atom. The van der Waals surface area contributed by atoms with Crippen LogP contribution in [0, 0.1) is 0 Å². The first-order valence-corrected chi connectivity index (χ1v) is 6.23. The first-order valence-electron chi connectivity index (χ1n) is 6.23. The molecule has 0 aliphatic rings. The highest BCUT2D eigenvalue weighted by molar-refractivity contribution is 5.94. The van der Waals surface area contributed by atoms with E-state index in [0.29, 0.717) is 11.3 Å². The van der Waals surface area contributed by atoms with Crippen LogP contribution in [0.2, 0.25) is 0 Å². The highest BCUT2D eigenvalue weighted by Crippen LogP contribution is 2.14. The summed E-state index contributed by atoms with van der Waals surface area (Å²) < 4.78 is 5.45. The van der Waals surface area contributed by atoms with Crippen molar-refractivity contribution in [3.8, 4) is 5.75 Å². The van der Waals surface area contributed by atoms with Crippen molar-refractivity contribution in [3.63, 3.8) is 0 Å². The van der Waals surface area contributed by atoms with Gasteiger partial charge in [-0.1, -0.05) is 0 Å². The van der Waals surface area contributed by atoms with Crippen LogP contribution in [0.15, 0.2) is 24.3 Å². The number of aliphatic carboxylic acids is 1. The number of carboxylic acid groups (broad SMARTS) is 1. The molecule has 0 spiro atoms. The third-order valence-electron chi connectivity index (χ3n) is 2.54. The topological polar surface area (TPSA) is 95.9 Å². The van der Waals surface area contributed by atoms with Crippen molar-refractivity contribution < 1.29 is 24.5 Å². The van der Waals surface area contributed by atoms with Gasteiger partial charge in [-0.05, 0) is 45.0 Å². The van der Waals surface area contributed by atoms with Crippen molar-refractivity contribution in [2.24, 2.45) is 0 Å². The van der Waals surface area contributed by atoms with E-state index in [1.807, 2.05) is 13.8 Å². The smallest absolute Gasteiger partial charge is 0.337 e. The molecule has 0 aliphatic heterocycles. The molecular formula is C14H19NO5. The fourth-order valence-corrected chi connectivity index (χ4v) is 1.39. The average molecular weight is 281 g/mol. The van der Waals surface area contributed by atoms with E-state index in [1.165, 1.54) is 0 Å². The number of ether oxygens (including phenoxy) is 1. The third kappa shape index (κ3) is 4.55. The Bertz CT molecular complexity index is 479. The zero-order valence-electron chi connectivity index (χ0n) is 11.7. The average Bonchev–Trinajstić information content (AvgIpc) is 2.36.